The van der Waals surface area contributed by atoms with Gasteiger partial charge in [0.1, 0.15) is 17.7 Å². The molecule has 0 bridgehead atoms. The van der Waals surface area contributed by atoms with E-state index in [-0.39, 0.29) is 11.3 Å². The fraction of sp³-hybridized carbons (Fsp3) is 0.667. The molecule has 1 aromatic carbocycles. The topological polar surface area (TPSA) is 59.6 Å². The second-order valence-corrected chi connectivity index (χ2v) is 8.63. The molecule has 1 amide bonds. The summed E-state index contributed by atoms with van der Waals surface area (Å²) in [6.45, 7) is 7.92. The number of benzene rings is 1. The van der Waals surface area contributed by atoms with Crippen molar-refractivity contribution in [3.8, 4) is 11.5 Å². The van der Waals surface area contributed by atoms with E-state index in [1.165, 1.54) is 0 Å². The van der Waals surface area contributed by atoms with Crippen LogP contribution in [0.2, 0.25) is 0 Å². The van der Waals surface area contributed by atoms with Crippen LogP contribution >= 0.6 is 0 Å². The minimum absolute atomic E-state index is 0.127. The zero-order valence-electron chi connectivity index (χ0n) is 17.2. The van der Waals surface area contributed by atoms with Gasteiger partial charge in [-0.1, -0.05) is 20.8 Å². The van der Waals surface area contributed by atoms with Gasteiger partial charge in [-0.15, -0.1) is 0 Å². The van der Waals surface area contributed by atoms with Gasteiger partial charge in [-0.3, -0.25) is 4.79 Å². The lowest BCUT2D eigenvalue weighted by atomic mass is 9.70. The molecule has 0 saturated carbocycles. The zero-order chi connectivity index (χ0) is 20.1. The van der Waals surface area contributed by atoms with Crippen LogP contribution in [-0.4, -0.2) is 45.9 Å². The first-order valence-corrected chi connectivity index (χ1v) is 9.55. The Morgan fingerprint density at radius 2 is 1.89 bits per heavy atom. The quantitative estimate of drug-likeness (QED) is 0.759. The van der Waals surface area contributed by atoms with E-state index in [9.17, 15) is 9.18 Å². The van der Waals surface area contributed by atoms with E-state index < -0.39 is 11.6 Å². The molecule has 5 nitrogen and oxygen atoms in total. The largest absolute Gasteiger partial charge is 0.497 e. The lowest BCUT2D eigenvalue weighted by molar-refractivity contribution is 0.0447. The molecule has 1 aliphatic heterocycles. The summed E-state index contributed by atoms with van der Waals surface area (Å²) in [4.78, 5) is 12.7. The lowest BCUT2D eigenvalue weighted by Crippen LogP contribution is -2.52. The number of amides is 1. The van der Waals surface area contributed by atoms with E-state index in [1.807, 2.05) is 0 Å². The van der Waals surface area contributed by atoms with Gasteiger partial charge in [-0.25, -0.2) is 4.39 Å². The van der Waals surface area contributed by atoms with E-state index in [1.54, 1.807) is 32.4 Å². The predicted octanol–water partition coefficient (Wildman–Crippen LogP) is 3.58. The molecule has 0 aromatic heterocycles. The van der Waals surface area contributed by atoms with Gasteiger partial charge in [0.15, 0.2) is 0 Å². The van der Waals surface area contributed by atoms with Gasteiger partial charge in [0.25, 0.3) is 5.91 Å². The Bertz CT molecular complexity index is 623. The van der Waals surface area contributed by atoms with Crippen molar-refractivity contribution in [1.82, 2.24) is 10.6 Å². The van der Waals surface area contributed by atoms with Crippen molar-refractivity contribution in [3.63, 3.8) is 0 Å². The number of halogens is 1. The van der Waals surface area contributed by atoms with Gasteiger partial charge in [0.2, 0.25) is 0 Å². The van der Waals surface area contributed by atoms with E-state index >= 15 is 0 Å². The summed E-state index contributed by atoms with van der Waals surface area (Å²) in [5, 5.41) is 6.08. The number of ether oxygens (including phenoxy) is 2. The number of methoxy groups -OCH3 is 2. The molecule has 1 aliphatic rings. The molecule has 0 spiro atoms. The van der Waals surface area contributed by atoms with Crippen LogP contribution < -0.4 is 20.1 Å². The fourth-order valence-electron chi connectivity index (χ4n) is 3.43. The highest BCUT2D eigenvalue weighted by atomic mass is 19.1. The van der Waals surface area contributed by atoms with Gasteiger partial charge in [0, 0.05) is 30.1 Å². The zero-order valence-corrected chi connectivity index (χ0v) is 17.2. The van der Waals surface area contributed by atoms with Crippen LogP contribution in [0.5, 0.6) is 11.5 Å². The van der Waals surface area contributed by atoms with Gasteiger partial charge < -0.3 is 20.1 Å². The number of hydrogen-bond acceptors (Lipinski definition) is 4. The van der Waals surface area contributed by atoms with Gasteiger partial charge in [-0.2, -0.15) is 0 Å². The molecular formula is C21H33FN2O3. The third-order valence-electron chi connectivity index (χ3n) is 5.38. The van der Waals surface area contributed by atoms with Crippen LogP contribution in [0.15, 0.2) is 18.2 Å². The summed E-state index contributed by atoms with van der Waals surface area (Å²) in [7, 11) is 3.08. The monoisotopic (exact) mass is 380 g/mol. The molecular weight excluding hydrogens is 347 g/mol. The third-order valence-corrected chi connectivity index (χ3v) is 5.38. The Morgan fingerprint density at radius 3 is 2.41 bits per heavy atom. The van der Waals surface area contributed by atoms with E-state index in [4.69, 9.17) is 9.47 Å². The highest BCUT2D eigenvalue weighted by Gasteiger charge is 2.42. The number of piperidine rings is 1. The molecule has 1 saturated heterocycles. The molecule has 0 unspecified atom stereocenters. The molecule has 2 N–H and O–H groups in total. The SMILES string of the molecule is COc1cc(OC)cc(C(=O)NC[C@@]2(CCC(C)(C)C)CCNC[C@H]2F)c1. The molecule has 0 radical (unpaired) electrons. The smallest absolute Gasteiger partial charge is 0.251 e. The first-order valence-electron chi connectivity index (χ1n) is 9.55. The normalized spacial score (nSPS) is 23.0. The van der Waals surface area contributed by atoms with Gasteiger partial charge in [-0.05, 0) is 43.4 Å². The molecule has 6 heteroatoms. The average molecular weight is 381 g/mol. The van der Waals surface area contributed by atoms with Crippen molar-refractivity contribution in [2.24, 2.45) is 10.8 Å². The van der Waals surface area contributed by atoms with Crippen LogP contribution in [0, 0.1) is 10.8 Å². The second-order valence-electron chi connectivity index (χ2n) is 8.63. The maximum absolute atomic E-state index is 14.9. The number of nitrogens with one attached hydrogen (secondary N) is 2. The predicted molar refractivity (Wildman–Crippen MR) is 105 cm³/mol. The molecule has 2 atom stereocenters. The second kappa shape index (κ2) is 8.91. The summed E-state index contributed by atoms with van der Waals surface area (Å²) in [6, 6.07) is 5.04. The van der Waals surface area contributed by atoms with Crippen molar-refractivity contribution in [2.45, 2.75) is 46.2 Å². The maximum Gasteiger partial charge on any atom is 0.251 e. The van der Waals surface area contributed by atoms with Crippen molar-refractivity contribution in [2.75, 3.05) is 33.9 Å². The summed E-state index contributed by atoms with van der Waals surface area (Å²) in [6.07, 6.45) is 1.40. The molecule has 152 valence electrons. The minimum atomic E-state index is -0.978. The number of carbonyl (C=O) groups is 1. The number of rotatable bonds is 7. The highest BCUT2D eigenvalue weighted by Crippen LogP contribution is 2.39. The van der Waals surface area contributed by atoms with Crippen LogP contribution in [0.3, 0.4) is 0 Å². The first kappa shape index (κ1) is 21.5. The average Bonchev–Trinajstić information content (AvgIpc) is 2.65. The third kappa shape index (κ3) is 5.83. The standard InChI is InChI=1S/C21H33FN2O3/c1-20(2,3)6-7-21(8-9-23-13-18(21)22)14-24-19(25)15-10-16(26-4)12-17(11-15)27-5/h10-12,18,23H,6-9,13-14H2,1-5H3,(H,24,25)/t18-,21-/m1/s1. The Labute approximate surface area is 162 Å². The van der Waals surface area contributed by atoms with Crippen molar-refractivity contribution >= 4 is 5.91 Å². The Morgan fingerprint density at radius 1 is 1.26 bits per heavy atom. The Hall–Kier alpha value is -1.82. The first-order chi connectivity index (χ1) is 12.7. The molecule has 1 heterocycles. The Balaban J connectivity index is 2.13. The van der Waals surface area contributed by atoms with E-state index in [2.05, 4.69) is 31.4 Å². The van der Waals surface area contributed by atoms with E-state index in [0.29, 0.717) is 36.6 Å². The van der Waals surface area contributed by atoms with Gasteiger partial charge in [0.05, 0.1) is 14.2 Å². The summed E-state index contributed by atoms with van der Waals surface area (Å²) >= 11 is 0. The summed E-state index contributed by atoms with van der Waals surface area (Å²) < 4.78 is 25.4. The van der Waals surface area contributed by atoms with Crippen LogP contribution in [0.25, 0.3) is 0 Å². The Kier molecular flexibility index (Phi) is 7.09. The van der Waals surface area contributed by atoms with E-state index in [0.717, 1.165) is 19.4 Å². The van der Waals surface area contributed by atoms with Crippen LogP contribution in [0.1, 0.15) is 50.4 Å². The molecule has 2 rings (SSSR count). The van der Waals surface area contributed by atoms with Crippen molar-refractivity contribution in [3.05, 3.63) is 23.8 Å². The minimum Gasteiger partial charge on any atom is -0.497 e. The lowest BCUT2D eigenvalue weighted by Gasteiger charge is -2.42. The maximum atomic E-state index is 14.9. The highest BCUT2D eigenvalue weighted by molar-refractivity contribution is 5.95. The van der Waals surface area contributed by atoms with Crippen molar-refractivity contribution < 1.29 is 18.7 Å². The van der Waals surface area contributed by atoms with Gasteiger partial charge >= 0.3 is 0 Å². The number of carbonyl (C=O) groups excluding carboxylic acids is 1. The van der Waals surface area contributed by atoms with Crippen molar-refractivity contribution in [1.29, 1.82) is 0 Å². The summed E-state index contributed by atoms with van der Waals surface area (Å²) in [5.41, 5.74) is 0.0420. The number of hydrogen-bond donors (Lipinski definition) is 2. The number of alkyl halides is 1. The fourth-order valence-corrected chi connectivity index (χ4v) is 3.43. The molecule has 27 heavy (non-hydrogen) atoms. The van der Waals surface area contributed by atoms with Crippen LogP contribution in [0.4, 0.5) is 4.39 Å². The van der Waals surface area contributed by atoms with Crippen LogP contribution in [-0.2, 0) is 0 Å². The molecule has 1 fully saturated rings. The molecule has 0 aliphatic carbocycles. The summed E-state index contributed by atoms with van der Waals surface area (Å²) in [5.74, 6) is 0.854. The molecule has 1 aromatic rings.